The molecule has 0 unspecified atom stereocenters. The Morgan fingerprint density at radius 3 is 2.79 bits per heavy atom. The standard InChI is InChI=1S/C14H20N2O3/c1-9-13(10(2)19-15-9)11-5-3-7-16(11)14(17)12-6-4-8-18-12/h11-12H,3-8H2,1-2H3/t11-,12-/m0/s1. The van der Waals surface area contributed by atoms with E-state index in [0.29, 0.717) is 6.61 Å². The van der Waals surface area contributed by atoms with E-state index in [2.05, 4.69) is 5.16 Å². The Kier molecular flexibility index (Phi) is 3.31. The van der Waals surface area contributed by atoms with Gasteiger partial charge in [0.1, 0.15) is 11.9 Å². The second kappa shape index (κ2) is 4.96. The van der Waals surface area contributed by atoms with Crippen LogP contribution in [0.25, 0.3) is 0 Å². The molecule has 0 bridgehead atoms. The summed E-state index contributed by atoms with van der Waals surface area (Å²) < 4.78 is 10.8. The molecule has 2 fully saturated rings. The summed E-state index contributed by atoms with van der Waals surface area (Å²) >= 11 is 0. The minimum atomic E-state index is -0.235. The highest BCUT2D eigenvalue weighted by Crippen LogP contribution is 2.36. The molecule has 5 heteroatoms. The Morgan fingerprint density at radius 1 is 1.32 bits per heavy atom. The molecule has 104 valence electrons. The number of nitrogens with zero attached hydrogens (tertiary/aromatic N) is 2. The summed E-state index contributed by atoms with van der Waals surface area (Å²) in [5.74, 6) is 0.967. The van der Waals surface area contributed by atoms with E-state index in [4.69, 9.17) is 9.26 Å². The van der Waals surface area contributed by atoms with E-state index in [-0.39, 0.29) is 18.1 Å². The highest BCUT2D eigenvalue weighted by molar-refractivity contribution is 5.82. The third-order valence-electron chi connectivity index (χ3n) is 4.16. The number of rotatable bonds is 2. The molecule has 2 saturated heterocycles. The average molecular weight is 264 g/mol. The number of ether oxygens (including phenoxy) is 1. The molecule has 1 amide bonds. The van der Waals surface area contributed by atoms with Gasteiger partial charge >= 0.3 is 0 Å². The number of likely N-dealkylation sites (tertiary alicyclic amines) is 1. The monoisotopic (exact) mass is 264 g/mol. The molecule has 3 rings (SSSR count). The Bertz CT molecular complexity index is 458. The SMILES string of the molecule is Cc1noc(C)c1[C@@H]1CCCN1C(=O)[C@@H]1CCCO1. The van der Waals surface area contributed by atoms with Gasteiger partial charge in [-0.2, -0.15) is 0 Å². The molecule has 0 N–H and O–H groups in total. The number of amides is 1. The Balaban J connectivity index is 1.83. The van der Waals surface area contributed by atoms with Crippen molar-refractivity contribution >= 4 is 5.91 Å². The van der Waals surface area contributed by atoms with Gasteiger partial charge in [0.05, 0.1) is 11.7 Å². The van der Waals surface area contributed by atoms with Crippen LogP contribution in [-0.2, 0) is 9.53 Å². The van der Waals surface area contributed by atoms with Crippen molar-refractivity contribution in [3.8, 4) is 0 Å². The lowest BCUT2D eigenvalue weighted by atomic mass is 10.0. The summed E-state index contributed by atoms with van der Waals surface area (Å²) in [6, 6.07) is 0.114. The largest absolute Gasteiger partial charge is 0.368 e. The second-order valence-electron chi connectivity index (χ2n) is 5.43. The van der Waals surface area contributed by atoms with Crippen molar-refractivity contribution in [3.63, 3.8) is 0 Å². The zero-order valence-electron chi connectivity index (χ0n) is 11.5. The number of hydrogen-bond acceptors (Lipinski definition) is 4. The Morgan fingerprint density at radius 2 is 2.16 bits per heavy atom. The first kappa shape index (κ1) is 12.7. The highest BCUT2D eigenvalue weighted by atomic mass is 16.5. The molecule has 0 radical (unpaired) electrons. The van der Waals surface area contributed by atoms with Gasteiger partial charge in [-0.3, -0.25) is 4.79 Å². The van der Waals surface area contributed by atoms with Gasteiger partial charge in [-0.25, -0.2) is 0 Å². The lowest BCUT2D eigenvalue weighted by Gasteiger charge is -2.27. The maximum atomic E-state index is 12.5. The van der Waals surface area contributed by atoms with Crippen LogP contribution in [0.1, 0.15) is 48.7 Å². The van der Waals surface area contributed by atoms with Crippen LogP contribution in [-0.4, -0.2) is 35.2 Å². The maximum absolute atomic E-state index is 12.5. The van der Waals surface area contributed by atoms with Crippen LogP contribution in [0, 0.1) is 13.8 Å². The minimum Gasteiger partial charge on any atom is -0.368 e. The van der Waals surface area contributed by atoms with Crippen LogP contribution in [0.15, 0.2) is 4.52 Å². The van der Waals surface area contributed by atoms with E-state index in [9.17, 15) is 4.79 Å². The van der Waals surface area contributed by atoms with E-state index < -0.39 is 0 Å². The van der Waals surface area contributed by atoms with Crippen molar-refractivity contribution in [3.05, 3.63) is 17.0 Å². The average Bonchev–Trinajstić information content (AvgIpc) is 3.10. The molecule has 1 aromatic heterocycles. The van der Waals surface area contributed by atoms with Crippen LogP contribution in [0.4, 0.5) is 0 Å². The van der Waals surface area contributed by atoms with Crippen molar-refractivity contribution in [2.45, 2.75) is 51.7 Å². The summed E-state index contributed by atoms with van der Waals surface area (Å²) in [5.41, 5.74) is 1.98. The van der Waals surface area contributed by atoms with Gasteiger partial charge in [0.15, 0.2) is 0 Å². The summed E-state index contributed by atoms with van der Waals surface area (Å²) in [7, 11) is 0. The van der Waals surface area contributed by atoms with Crippen LogP contribution >= 0.6 is 0 Å². The van der Waals surface area contributed by atoms with Crippen LogP contribution in [0.2, 0.25) is 0 Å². The van der Waals surface area contributed by atoms with E-state index in [0.717, 1.165) is 49.2 Å². The molecule has 0 spiro atoms. The normalized spacial score (nSPS) is 27.2. The van der Waals surface area contributed by atoms with Crippen molar-refractivity contribution in [1.29, 1.82) is 0 Å². The van der Waals surface area contributed by atoms with Crippen molar-refractivity contribution in [2.24, 2.45) is 0 Å². The zero-order valence-corrected chi connectivity index (χ0v) is 11.5. The first-order chi connectivity index (χ1) is 9.18. The van der Waals surface area contributed by atoms with Crippen LogP contribution < -0.4 is 0 Å². The molecule has 5 nitrogen and oxygen atoms in total. The summed E-state index contributed by atoms with van der Waals surface area (Å²) in [4.78, 5) is 14.5. The molecular weight excluding hydrogens is 244 g/mol. The lowest BCUT2D eigenvalue weighted by Crippen LogP contribution is -2.38. The molecule has 0 saturated carbocycles. The number of carbonyl (C=O) groups excluding carboxylic acids is 1. The molecule has 2 aliphatic rings. The van der Waals surface area contributed by atoms with Gasteiger partial charge in [0, 0.05) is 18.7 Å². The maximum Gasteiger partial charge on any atom is 0.252 e. The third kappa shape index (κ3) is 2.16. The predicted octanol–water partition coefficient (Wildman–Crippen LogP) is 2.13. The fraction of sp³-hybridized carbons (Fsp3) is 0.714. The summed E-state index contributed by atoms with van der Waals surface area (Å²) in [6.45, 7) is 5.38. The molecule has 0 aromatic carbocycles. The zero-order chi connectivity index (χ0) is 13.4. The summed E-state index contributed by atoms with van der Waals surface area (Å²) in [6.07, 6.45) is 3.62. The van der Waals surface area contributed by atoms with Crippen LogP contribution in [0.5, 0.6) is 0 Å². The van der Waals surface area contributed by atoms with E-state index in [1.807, 2.05) is 18.7 Å². The van der Waals surface area contributed by atoms with Gasteiger partial charge in [-0.15, -0.1) is 0 Å². The molecule has 19 heavy (non-hydrogen) atoms. The fourth-order valence-corrected chi connectivity index (χ4v) is 3.25. The van der Waals surface area contributed by atoms with Gasteiger partial charge in [-0.1, -0.05) is 5.16 Å². The number of aromatic nitrogens is 1. The van der Waals surface area contributed by atoms with Gasteiger partial charge < -0.3 is 14.2 Å². The first-order valence-electron chi connectivity index (χ1n) is 7.03. The topological polar surface area (TPSA) is 55.6 Å². The third-order valence-corrected chi connectivity index (χ3v) is 4.16. The molecule has 0 aliphatic carbocycles. The van der Waals surface area contributed by atoms with Crippen LogP contribution in [0.3, 0.4) is 0 Å². The lowest BCUT2D eigenvalue weighted by molar-refractivity contribution is -0.141. The quantitative estimate of drug-likeness (QED) is 0.821. The molecule has 1 aromatic rings. The van der Waals surface area contributed by atoms with Gasteiger partial charge in [-0.05, 0) is 39.5 Å². The van der Waals surface area contributed by atoms with Crippen molar-refractivity contribution in [2.75, 3.05) is 13.2 Å². The first-order valence-corrected chi connectivity index (χ1v) is 7.03. The molecular formula is C14H20N2O3. The van der Waals surface area contributed by atoms with Crippen molar-refractivity contribution in [1.82, 2.24) is 10.1 Å². The van der Waals surface area contributed by atoms with Crippen molar-refractivity contribution < 1.29 is 14.1 Å². The molecule has 3 heterocycles. The van der Waals surface area contributed by atoms with Gasteiger partial charge in [0.25, 0.3) is 5.91 Å². The Labute approximate surface area is 112 Å². The van der Waals surface area contributed by atoms with E-state index >= 15 is 0 Å². The van der Waals surface area contributed by atoms with Gasteiger partial charge in [0.2, 0.25) is 0 Å². The number of carbonyl (C=O) groups is 1. The molecule has 2 atom stereocenters. The summed E-state index contributed by atoms with van der Waals surface area (Å²) in [5, 5.41) is 4.01. The van der Waals surface area contributed by atoms with E-state index in [1.165, 1.54) is 0 Å². The van der Waals surface area contributed by atoms with E-state index in [1.54, 1.807) is 0 Å². The molecule has 2 aliphatic heterocycles. The fourth-order valence-electron chi connectivity index (χ4n) is 3.25. The minimum absolute atomic E-state index is 0.114. The number of aryl methyl sites for hydroxylation is 2. The number of hydrogen-bond donors (Lipinski definition) is 0. The Hall–Kier alpha value is -1.36. The smallest absolute Gasteiger partial charge is 0.252 e. The predicted molar refractivity (Wildman–Crippen MR) is 68.6 cm³/mol. The highest BCUT2D eigenvalue weighted by Gasteiger charge is 2.37. The second-order valence-corrected chi connectivity index (χ2v) is 5.43.